The number of esters is 1. The van der Waals surface area contributed by atoms with E-state index in [2.05, 4.69) is 20.8 Å². The summed E-state index contributed by atoms with van der Waals surface area (Å²) in [5, 5.41) is 19.5. The molecule has 1 aromatic carbocycles. The lowest BCUT2D eigenvalue weighted by Gasteiger charge is -2.27. The summed E-state index contributed by atoms with van der Waals surface area (Å²) in [4.78, 5) is 11.5. The first-order chi connectivity index (χ1) is 12.3. The van der Waals surface area contributed by atoms with Crippen LogP contribution in [-0.2, 0) is 14.9 Å². The Hall–Kier alpha value is -2.23. The van der Waals surface area contributed by atoms with Crippen LogP contribution in [0.4, 0.5) is 0 Å². The molecule has 1 rings (SSSR count). The standard InChI is InChI=1S/C22H32O4/c1-5-6-7-10-21(25)26-15-13-17(2)9-8-14-22(3,4)19-12-11-18(23)16-20(19)24/h5-7,10-12,16-17,23-24H,8-9,13-15H2,1-4H3. The molecule has 26 heavy (non-hydrogen) atoms. The highest BCUT2D eigenvalue weighted by molar-refractivity contribution is 5.82. The van der Waals surface area contributed by atoms with Crippen LogP contribution >= 0.6 is 0 Å². The summed E-state index contributed by atoms with van der Waals surface area (Å²) >= 11 is 0. The van der Waals surface area contributed by atoms with Gasteiger partial charge >= 0.3 is 5.97 Å². The number of phenolic OH excluding ortho intramolecular Hbond substituents is 2. The topological polar surface area (TPSA) is 66.8 Å². The van der Waals surface area contributed by atoms with Crippen LogP contribution in [0, 0.1) is 5.92 Å². The fraction of sp³-hybridized carbons (Fsp3) is 0.500. The van der Waals surface area contributed by atoms with Crippen LogP contribution < -0.4 is 0 Å². The van der Waals surface area contributed by atoms with Crippen LogP contribution in [0.25, 0.3) is 0 Å². The van der Waals surface area contributed by atoms with Crippen molar-refractivity contribution in [3.63, 3.8) is 0 Å². The van der Waals surface area contributed by atoms with Crippen molar-refractivity contribution in [1.29, 1.82) is 0 Å². The Morgan fingerprint density at radius 3 is 2.62 bits per heavy atom. The van der Waals surface area contributed by atoms with Crippen molar-refractivity contribution in [3.8, 4) is 11.5 Å². The second-order valence-corrected chi connectivity index (χ2v) is 7.42. The van der Waals surface area contributed by atoms with Gasteiger partial charge in [0, 0.05) is 12.1 Å². The van der Waals surface area contributed by atoms with E-state index in [0.717, 1.165) is 31.2 Å². The largest absolute Gasteiger partial charge is 0.508 e. The molecule has 0 spiro atoms. The quantitative estimate of drug-likeness (QED) is 0.340. The Bertz CT molecular complexity index is 629. The third-order valence-electron chi connectivity index (χ3n) is 4.60. The lowest BCUT2D eigenvalue weighted by molar-refractivity contribution is -0.138. The number of phenols is 2. The molecule has 0 aliphatic rings. The van der Waals surface area contributed by atoms with Crippen LogP contribution in [0.5, 0.6) is 11.5 Å². The molecule has 0 aliphatic carbocycles. The van der Waals surface area contributed by atoms with E-state index < -0.39 is 0 Å². The molecule has 0 amide bonds. The molecule has 1 aromatic rings. The number of benzene rings is 1. The number of hydrogen-bond donors (Lipinski definition) is 2. The zero-order valence-electron chi connectivity index (χ0n) is 16.4. The van der Waals surface area contributed by atoms with Crippen molar-refractivity contribution in [2.45, 2.75) is 58.8 Å². The van der Waals surface area contributed by atoms with Gasteiger partial charge in [-0.2, -0.15) is 0 Å². The Morgan fingerprint density at radius 2 is 1.96 bits per heavy atom. The maximum atomic E-state index is 11.5. The number of aromatic hydroxyl groups is 2. The average molecular weight is 360 g/mol. The molecule has 0 saturated carbocycles. The SMILES string of the molecule is CC=CC=CC(=O)OCCC(C)CCCC(C)(C)c1ccc(O)cc1O. The number of carbonyl (C=O) groups excluding carboxylic acids is 1. The van der Waals surface area contributed by atoms with Crippen molar-refractivity contribution in [2.75, 3.05) is 6.61 Å². The first kappa shape index (κ1) is 21.8. The summed E-state index contributed by atoms with van der Waals surface area (Å²) in [5.74, 6) is 0.373. The van der Waals surface area contributed by atoms with Crippen molar-refractivity contribution in [1.82, 2.24) is 0 Å². The summed E-state index contributed by atoms with van der Waals surface area (Å²) < 4.78 is 5.19. The second kappa shape index (κ2) is 10.7. The molecule has 0 bridgehead atoms. The molecule has 0 saturated heterocycles. The zero-order chi connectivity index (χ0) is 19.6. The summed E-state index contributed by atoms with van der Waals surface area (Å²) in [6.07, 6.45) is 10.6. The minimum Gasteiger partial charge on any atom is -0.508 e. The first-order valence-electron chi connectivity index (χ1n) is 9.25. The predicted molar refractivity (Wildman–Crippen MR) is 105 cm³/mol. The lowest BCUT2D eigenvalue weighted by Crippen LogP contribution is -2.17. The predicted octanol–water partition coefficient (Wildman–Crippen LogP) is 5.25. The van der Waals surface area contributed by atoms with Gasteiger partial charge < -0.3 is 14.9 Å². The third kappa shape index (κ3) is 7.77. The van der Waals surface area contributed by atoms with E-state index in [9.17, 15) is 15.0 Å². The van der Waals surface area contributed by atoms with Crippen LogP contribution in [0.15, 0.2) is 42.5 Å². The summed E-state index contributed by atoms with van der Waals surface area (Å²) in [6, 6.07) is 4.78. The molecule has 1 atom stereocenters. The monoisotopic (exact) mass is 360 g/mol. The van der Waals surface area contributed by atoms with Crippen molar-refractivity contribution < 1.29 is 19.7 Å². The zero-order valence-corrected chi connectivity index (χ0v) is 16.4. The second-order valence-electron chi connectivity index (χ2n) is 7.42. The fourth-order valence-corrected chi connectivity index (χ4v) is 2.92. The summed E-state index contributed by atoms with van der Waals surface area (Å²) in [5.41, 5.74) is 0.687. The van der Waals surface area contributed by atoms with Crippen LogP contribution in [0.3, 0.4) is 0 Å². The Labute approximate surface area is 157 Å². The first-order valence-corrected chi connectivity index (χ1v) is 9.25. The molecule has 0 aromatic heterocycles. The molecule has 144 valence electrons. The van der Waals surface area contributed by atoms with E-state index in [0.29, 0.717) is 12.5 Å². The molecule has 0 aliphatic heterocycles. The maximum Gasteiger partial charge on any atom is 0.330 e. The molecule has 2 N–H and O–H groups in total. The van der Waals surface area contributed by atoms with Crippen LogP contribution in [0.2, 0.25) is 0 Å². The highest BCUT2D eigenvalue weighted by Crippen LogP contribution is 2.37. The van der Waals surface area contributed by atoms with Crippen molar-refractivity contribution in [2.24, 2.45) is 5.92 Å². The van der Waals surface area contributed by atoms with Gasteiger partial charge in [-0.05, 0) is 42.7 Å². The van der Waals surface area contributed by atoms with Gasteiger partial charge in [0.25, 0.3) is 0 Å². The molecule has 0 radical (unpaired) electrons. The Balaban J connectivity index is 2.34. The van der Waals surface area contributed by atoms with Crippen molar-refractivity contribution in [3.05, 3.63) is 48.1 Å². The third-order valence-corrected chi connectivity index (χ3v) is 4.60. The minimum absolute atomic E-state index is 0.0748. The van der Waals surface area contributed by atoms with E-state index in [1.807, 2.05) is 13.0 Å². The fourth-order valence-electron chi connectivity index (χ4n) is 2.92. The normalized spacial score (nSPS) is 13.4. The number of carbonyl (C=O) groups is 1. The number of rotatable bonds is 10. The Morgan fingerprint density at radius 1 is 1.23 bits per heavy atom. The number of hydrogen-bond acceptors (Lipinski definition) is 4. The molecular formula is C22H32O4. The van der Waals surface area contributed by atoms with Gasteiger partial charge in [0.05, 0.1) is 6.61 Å². The van der Waals surface area contributed by atoms with Gasteiger partial charge in [0.15, 0.2) is 0 Å². The molecule has 4 nitrogen and oxygen atoms in total. The maximum absolute atomic E-state index is 11.5. The highest BCUT2D eigenvalue weighted by atomic mass is 16.5. The molecule has 4 heteroatoms. The molecule has 1 unspecified atom stereocenters. The molecule has 0 fully saturated rings. The van der Waals surface area contributed by atoms with Gasteiger partial charge in [-0.15, -0.1) is 0 Å². The van der Waals surface area contributed by atoms with E-state index in [4.69, 9.17) is 4.74 Å². The van der Waals surface area contributed by atoms with E-state index in [1.165, 1.54) is 12.1 Å². The Kier molecular flexibility index (Phi) is 8.97. The summed E-state index contributed by atoms with van der Waals surface area (Å²) in [7, 11) is 0. The molecule has 0 heterocycles. The molecular weight excluding hydrogens is 328 g/mol. The van der Waals surface area contributed by atoms with Crippen LogP contribution in [-0.4, -0.2) is 22.8 Å². The van der Waals surface area contributed by atoms with E-state index in [-0.39, 0.29) is 22.9 Å². The smallest absolute Gasteiger partial charge is 0.330 e. The van der Waals surface area contributed by atoms with Gasteiger partial charge in [-0.1, -0.05) is 57.9 Å². The average Bonchev–Trinajstić information content (AvgIpc) is 2.54. The highest BCUT2D eigenvalue weighted by Gasteiger charge is 2.24. The minimum atomic E-state index is -0.306. The van der Waals surface area contributed by atoms with E-state index in [1.54, 1.807) is 24.3 Å². The summed E-state index contributed by atoms with van der Waals surface area (Å²) in [6.45, 7) is 8.68. The van der Waals surface area contributed by atoms with Gasteiger partial charge in [0.2, 0.25) is 0 Å². The van der Waals surface area contributed by atoms with Crippen LogP contribution in [0.1, 0.15) is 58.9 Å². The van der Waals surface area contributed by atoms with Gasteiger partial charge in [0.1, 0.15) is 11.5 Å². The van der Waals surface area contributed by atoms with E-state index >= 15 is 0 Å². The lowest BCUT2D eigenvalue weighted by atomic mass is 9.79. The van der Waals surface area contributed by atoms with Gasteiger partial charge in [-0.25, -0.2) is 4.79 Å². The van der Waals surface area contributed by atoms with Gasteiger partial charge in [-0.3, -0.25) is 0 Å². The number of allylic oxidation sites excluding steroid dienone is 3. The van der Waals surface area contributed by atoms with Crippen molar-refractivity contribution >= 4 is 5.97 Å². The number of ether oxygens (including phenoxy) is 1.